The number of carboxylic acids is 1. The van der Waals surface area contributed by atoms with Crippen molar-refractivity contribution in [3.8, 4) is 0 Å². The number of carboxylic acid groups (broad SMARTS) is 1. The SMILES string of the molecule is Cc1ccc(CNC(C)(Cc2ccccc2)C(=O)O)cc1. The van der Waals surface area contributed by atoms with Gasteiger partial charge in [-0.05, 0) is 25.0 Å². The highest BCUT2D eigenvalue weighted by Crippen LogP contribution is 2.15. The van der Waals surface area contributed by atoms with Crippen molar-refractivity contribution >= 4 is 5.97 Å². The van der Waals surface area contributed by atoms with Crippen molar-refractivity contribution < 1.29 is 9.90 Å². The van der Waals surface area contributed by atoms with E-state index in [2.05, 4.69) is 5.32 Å². The number of rotatable bonds is 6. The molecule has 0 radical (unpaired) electrons. The smallest absolute Gasteiger partial charge is 0.323 e. The van der Waals surface area contributed by atoms with Crippen molar-refractivity contribution in [2.24, 2.45) is 0 Å². The molecule has 0 saturated heterocycles. The molecule has 1 unspecified atom stereocenters. The van der Waals surface area contributed by atoms with Crippen LogP contribution in [0.4, 0.5) is 0 Å². The van der Waals surface area contributed by atoms with E-state index in [1.54, 1.807) is 6.92 Å². The fourth-order valence-corrected chi connectivity index (χ4v) is 2.22. The Morgan fingerprint density at radius 1 is 1.05 bits per heavy atom. The molecule has 110 valence electrons. The number of aliphatic carboxylic acids is 1. The van der Waals surface area contributed by atoms with Crippen LogP contribution < -0.4 is 5.32 Å². The largest absolute Gasteiger partial charge is 0.480 e. The zero-order valence-electron chi connectivity index (χ0n) is 12.5. The highest BCUT2D eigenvalue weighted by molar-refractivity contribution is 5.78. The van der Waals surface area contributed by atoms with Gasteiger partial charge in [0.05, 0.1) is 0 Å². The topological polar surface area (TPSA) is 49.3 Å². The van der Waals surface area contributed by atoms with E-state index in [9.17, 15) is 9.90 Å². The lowest BCUT2D eigenvalue weighted by atomic mass is 9.92. The first-order valence-electron chi connectivity index (χ1n) is 7.07. The molecule has 2 N–H and O–H groups in total. The standard InChI is InChI=1S/C18H21NO2/c1-14-8-10-16(11-9-14)13-19-18(2,17(20)21)12-15-6-4-3-5-7-15/h3-11,19H,12-13H2,1-2H3,(H,20,21). The van der Waals surface area contributed by atoms with Crippen LogP contribution in [0, 0.1) is 6.92 Å². The number of carbonyl (C=O) groups is 1. The van der Waals surface area contributed by atoms with Crippen LogP contribution in [0.1, 0.15) is 23.6 Å². The minimum atomic E-state index is -0.980. The lowest BCUT2D eigenvalue weighted by molar-refractivity contribution is -0.144. The van der Waals surface area contributed by atoms with Crippen LogP contribution in [0.3, 0.4) is 0 Å². The van der Waals surface area contributed by atoms with Gasteiger partial charge in [-0.15, -0.1) is 0 Å². The molecule has 1 atom stereocenters. The predicted molar refractivity (Wildman–Crippen MR) is 84.2 cm³/mol. The maximum Gasteiger partial charge on any atom is 0.323 e. The first kappa shape index (κ1) is 15.3. The quantitative estimate of drug-likeness (QED) is 0.856. The van der Waals surface area contributed by atoms with E-state index >= 15 is 0 Å². The Bertz CT molecular complexity index is 592. The summed E-state index contributed by atoms with van der Waals surface area (Å²) in [7, 11) is 0. The Balaban J connectivity index is 2.07. The van der Waals surface area contributed by atoms with Gasteiger partial charge in [-0.25, -0.2) is 0 Å². The van der Waals surface area contributed by atoms with Crippen LogP contribution in [0.15, 0.2) is 54.6 Å². The Morgan fingerprint density at radius 2 is 1.67 bits per heavy atom. The average molecular weight is 283 g/mol. The highest BCUT2D eigenvalue weighted by Gasteiger charge is 2.32. The molecule has 0 aliphatic carbocycles. The molecule has 2 aromatic carbocycles. The van der Waals surface area contributed by atoms with Crippen molar-refractivity contribution in [2.45, 2.75) is 32.4 Å². The van der Waals surface area contributed by atoms with E-state index in [1.165, 1.54) is 5.56 Å². The van der Waals surface area contributed by atoms with Gasteiger partial charge in [0.2, 0.25) is 0 Å². The third-order valence-corrected chi connectivity index (χ3v) is 3.68. The van der Waals surface area contributed by atoms with E-state index in [0.29, 0.717) is 13.0 Å². The molecular weight excluding hydrogens is 262 g/mol. The summed E-state index contributed by atoms with van der Waals surface area (Å²) in [6, 6.07) is 17.8. The molecule has 0 bridgehead atoms. The van der Waals surface area contributed by atoms with Crippen LogP contribution in [-0.4, -0.2) is 16.6 Å². The third-order valence-electron chi connectivity index (χ3n) is 3.68. The van der Waals surface area contributed by atoms with Crippen molar-refractivity contribution in [3.63, 3.8) is 0 Å². The average Bonchev–Trinajstić information content (AvgIpc) is 2.47. The molecule has 21 heavy (non-hydrogen) atoms. The Kier molecular flexibility index (Phi) is 4.76. The molecule has 2 aromatic rings. The lowest BCUT2D eigenvalue weighted by Crippen LogP contribution is -2.50. The van der Waals surface area contributed by atoms with Crippen LogP contribution in [0.2, 0.25) is 0 Å². The summed E-state index contributed by atoms with van der Waals surface area (Å²) in [5, 5.41) is 12.7. The number of benzene rings is 2. The normalized spacial score (nSPS) is 13.6. The molecule has 3 heteroatoms. The van der Waals surface area contributed by atoms with Crippen molar-refractivity contribution in [2.75, 3.05) is 0 Å². The molecular formula is C18H21NO2. The number of nitrogens with one attached hydrogen (secondary N) is 1. The molecule has 0 aliphatic rings. The van der Waals surface area contributed by atoms with Crippen molar-refractivity contribution in [1.82, 2.24) is 5.32 Å². The maximum atomic E-state index is 11.6. The maximum absolute atomic E-state index is 11.6. The summed E-state index contributed by atoms with van der Waals surface area (Å²) in [6.45, 7) is 4.31. The summed E-state index contributed by atoms with van der Waals surface area (Å²) in [5.41, 5.74) is 2.32. The Labute approximate surface area is 125 Å². The second kappa shape index (κ2) is 6.55. The van der Waals surface area contributed by atoms with Gasteiger partial charge in [0.15, 0.2) is 0 Å². The predicted octanol–water partition coefficient (Wildman–Crippen LogP) is 3.17. The minimum absolute atomic E-state index is 0.453. The Hall–Kier alpha value is -2.13. The Morgan fingerprint density at radius 3 is 2.24 bits per heavy atom. The first-order chi connectivity index (χ1) is 9.99. The summed E-state index contributed by atoms with van der Waals surface area (Å²) in [5.74, 6) is -0.835. The molecule has 0 amide bonds. The zero-order valence-corrected chi connectivity index (χ0v) is 12.5. The molecule has 3 nitrogen and oxygen atoms in total. The van der Waals surface area contributed by atoms with Gasteiger partial charge in [-0.3, -0.25) is 10.1 Å². The zero-order chi connectivity index (χ0) is 15.3. The second-order valence-electron chi connectivity index (χ2n) is 5.64. The van der Waals surface area contributed by atoms with E-state index in [4.69, 9.17) is 0 Å². The van der Waals surface area contributed by atoms with Crippen molar-refractivity contribution in [1.29, 1.82) is 0 Å². The van der Waals surface area contributed by atoms with Gasteiger partial charge in [-0.1, -0.05) is 60.2 Å². The van der Waals surface area contributed by atoms with Crippen LogP contribution in [0.25, 0.3) is 0 Å². The van der Waals surface area contributed by atoms with E-state index in [0.717, 1.165) is 11.1 Å². The second-order valence-corrected chi connectivity index (χ2v) is 5.64. The fraction of sp³-hybridized carbons (Fsp3) is 0.278. The van der Waals surface area contributed by atoms with Crippen LogP contribution >= 0.6 is 0 Å². The van der Waals surface area contributed by atoms with Crippen LogP contribution in [-0.2, 0) is 17.8 Å². The third kappa shape index (κ3) is 4.17. The summed E-state index contributed by atoms with van der Waals surface area (Å²) >= 11 is 0. The first-order valence-corrected chi connectivity index (χ1v) is 7.07. The van der Waals surface area contributed by atoms with Crippen molar-refractivity contribution in [3.05, 3.63) is 71.3 Å². The molecule has 0 heterocycles. The molecule has 0 aromatic heterocycles. The van der Waals surface area contributed by atoms with Gasteiger partial charge < -0.3 is 5.11 Å². The number of aryl methyl sites for hydroxylation is 1. The fourth-order valence-electron chi connectivity index (χ4n) is 2.22. The highest BCUT2D eigenvalue weighted by atomic mass is 16.4. The minimum Gasteiger partial charge on any atom is -0.480 e. The molecule has 2 rings (SSSR count). The van der Waals surface area contributed by atoms with Gasteiger partial charge in [-0.2, -0.15) is 0 Å². The van der Waals surface area contributed by atoms with E-state index in [1.807, 2.05) is 61.5 Å². The number of hydrogen-bond acceptors (Lipinski definition) is 2. The monoisotopic (exact) mass is 283 g/mol. The lowest BCUT2D eigenvalue weighted by Gasteiger charge is -2.26. The summed E-state index contributed by atoms with van der Waals surface area (Å²) < 4.78 is 0. The van der Waals surface area contributed by atoms with E-state index < -0.39 is 11.5 Å². The van der Waals surface area contributed by atoms with E-state index in [-0.39, 0.29) is 0 Å². The van der Waals surface area contributed by atoms with Crippen LogP contribution in [0.5, 0.6) is 0 Å². The molecule has 0 spiro atoms. The van der Waals surface area contributed by atoms with Gasteiger partial charge in [0, 0.05) is 13.0 Å². The van der Waals surface area contributed by atoms with Gasteiger partial charge in [0.1, 0.15) is 5.54 Å². The van der Waals surface area contributed by atoms with Gasteiger partial charge >= 0.3 is 5.97 Å². The summed E-state index contributed by atoms with van der Waals surface area (Å²) in [4.78, 5) is 11.6. The molecule has 0 aliphatic heterocycles. The summed E-state index contributed by atoms with van der Waals surface area (Å²) in [6.07, 6.45) is 0.453. The molecule has 0 fully saturated rings. The number of hydrogen-bond donors (Lipinski definition) is 2. The van der Waals surface area contributed by atoms with Gasteiger partial charge in [0.25, 0.3) is 0 Å². The molecule has 0 saturated carbocycles.